The highest BCUT2D eigenvalue weighted by Gasteiger charge is 2.48. The van der Waals surface area contributed by atoms with E-state index in [0.29, 0.717) is 34.9 Å². The number of hydrogen-bond acceptors (Lipinski definition) is 7. The molecule has 0 unspecified atom stereocenters. The molecule has 0 saturated carbocycles. The summed E-state index contributed by atoms with van der Waals surface area (Å²) in [5.41, 5.74) is 1.62. The molecular weight excluding hydrogens is 384 g/mol. The Morgan fingerprint density at radius 2 is 1.90 bits per heavy atom. The van der Waals surface area contributed by atoms with Crippen molar-refractivity contribution < 1.29 is 23.0 Å². The van der Waals surface area contributed by atoms with E-state index in [0.717, 1.165) is 32.8 Å². The molecule has 10 heteroatoms. The summed E-state index contributed by atoms with van der Waals surface area (Å²) in [6.07, 6.45) is 3.21. The van der Waals surface area contributed by atoms with E-state index >= 15 is 0 Å². The fraction of sp³-hybridized carbons (Fsp3) is 0.421. The van der Waals surface area contributed by atoms with Crippen LogP contribution in [0.2, 0.25) is 0 Å². The van der Waals surface area contributed by atoms with Crippen molar-refractivity contribution in [2.45, 2.75) is 6.61 Å². The standard InChI is InChI=1S/C19H19F2N5O3/c20-18(21)29-14-3-1-13(2-4-14)17-24-23-15-7-22-8-16(26(15)17)28-6-5-25-9-19(10-25)11-27-12-19/h1-4,7-8,18H,5-6,9-12H2. The van der Waals surface area contributed by atoms with E-state index < -0.39 is 6.61 Å². The lowest BCUT2D eigenvalue weighted by Gasteiger charge is -2.55. The van der Waals surface area contributed by atoms with Gasteiger partial charge >= 0.3 is 6.61 Å². The first-order valence-corrected chi connectivity index (χ1v) is 9.29. The molecule has 0 amide bonds. The first-order chi connectivity index (χ1) is 14.1. The monoisotopic (exact) mass is 403 g/mol. The highest BCUT2D eigenvalue weighted by molar-refractivity contribution is 5.61. The van der Waals surface area contributed by atoms with Crippen LogP contribution in [-0.2, 0) is 4.74 Å². The van der Waals surface area contributed by atoms with Crippen LogP contribution >= 0.6 is 0 Å². The SMILES string of the molecule is FC(F)Oc1ccc(-c2nnc3cncc(OCCN4CC5(COC5)C4)n23)cc1. The Morgan fingerprint density at radius 1 is 1.10 bits per heavy atom. The summed E-state index contributed by atoms with van der Waals surface area (Å²) in [6.45, 7) is 2.27. The number of ether oxygens (including phenoxy) is 3. The third-order valence-electron chi connectivity index (χ3n) is 5.21. The van der Waals surface area contributed by atoms with Gasteiger partial charge in [0.15, 0.2) is 11.5 Å². The van der Waals surface area contributed by atoms with Crippen LogP contribution in [0.3, 0.4) is 0 Å². The minimum atomic E-state index is -2.86. The fourth-order valence-electron chi connectivity index (χ4n) is 3.81. The Morgan fingerprint density at radius 3 is 2.59 bits per heavy atom. The largest absolute Gasteiger partial charge is 0.476 e. The van der Waals surface area contributed by atoms with Crippen molar-refractivity contribution >= 4 is 5.65 Å². The Hall–Kier alpha value is -2.85. The molecular formula is C19H19F2N5O3. The van der Waals surface area contributed by atoms with E-state index in [9.17, 15) is 8.78 Å². The highest BCUT2D eigenvalue weighted by atomic mass is 19.3. The van der Waals surface area contributed by atoms with Gasteiger partial charge in [-0.05, 0) is 24.3 Å². The minimum absolute atomic E-state index is 0.0832. The number of fused-ring (bicyclic) bond motifs is 1. The molecule has 0 N–H and O–H groups in total. The van der Waals surface area contributed by atoms with E-state index in [2.05, 4.69) is 24.8 Å². The third-order valence-corrected chi connectivity index (χ3v) is 5.21. The Bertz CT molecular complexity index is 999. The second kappa shape index (κ2) is 7.20. The van der Waals surface area contributed by atoms with Gasteiger partial charge in [-0.25, -0.2) is 4.40 Å². The normalized spacial score (nSPS) is 18.0. The zero-order valence-corrected chi connectivity index (χ0v) is 15.5. The van der Waals surface area contributed by atoms with E-state index in [4.69, 9.17) is 9.47 Å². The van der Waals surface area contributed by atoms with Gasteiger partial charge in [-0.1, -0.05) is 0 Å². The lowest BCUT2D eigenvalue weighted by atomic mass is 9.78. The lowest BCUT2D eigenvalue weighted by molar-refractivity contribution is -0.189. The molecule has 2 aromatic heterocycles. The molecule has 2 saturated heterocycles. The predicted molar refractivity (Wildman–Crippen MR) is 98.0 cm³/mol. The zero-order valence-electron chi connectivity index (χ0n) is 15.5. The van der Waals surface area contributed by atoms with Crippen LogP contribution in [0.1, 0.15) is 0 Å². The molecule has 0 atom stereocenters. The maximum atomic E-state index is 12.3. The molecule has 0 aliphatic carbocycles. The highest BCUT2D eigenvalue weighted by Crippen LogP contribution is 2.37. The number of nitrogens with zero attached hydrogens (tertiary/aromatic N) is 5. The van der Waals surface area contributed by atoms with Crippen molar-refractivity contribution in [2.75, 3.05) is 39.5 Å². The quantitative estimate of drug-likeness (QED) is 0.598. The van der Waals surface area contributed by atoms with Crippen LogP contribution in [0.4, 0.5) is 8.78 Å². The molecule has 4 heterocycles. The van der Waals surface area contributed by atoms with Crippen molar-refractivity contribution in [3.63, 3.8) is 0 Å². The van der Waals surface area contributed by atoms with Crippen molar-refractivity contribution in [3.8, 4) is 23.0 Å². The molecule has 2 aliphatic rings. The van der Waals surface area contributed by atoms with Gasteiger partial charge in [0, 0.05) is 30.6 Å². The van der Waals surface area contributed by atoms with Crippen LogP contribution in [0.15, 0.2) is 36.7 Å². The molecule has 8 nitrogen and oxygen atoms in total. The maximum Gasteiger partial charge on any atom is 0.387 e. The topological polar surface area (TPSA) is 74.0 Å². The van der Waals surface area contributed by atoms with E-state index in [-0.39, 0.29) is 5.75 Å². The molecule has 0 bridgehead atoms. The van der Waals surface area contributed by atoms with Gasteiger partial charge < -0.3 is 14.2 Å². The number of hydrogen-bond donors (Lipinski definition) is 0. The van der Waals surface area contributed by atoms with Crippen LogP contribution in [-0.4, -0.2) is 70.5 Å². The van der Waals surface area contributed by atoms with Crippen molar-refractivity contribution in [3.05, 3.63) is 36.7 Å². The third kappa shape index (κ3) is 3.49. The maximum absolute atomic E-state index is 12.3. The Kier molecular flexibility index (Phi) is 4.51. The Labute approximate surface area is 165 Å². The predicted octanol–water partition coefficient (Wildman–Crippen LogP) is 2.10. The average molecular weight is 403 g/mol. The molecule has 0 radical (unpaired) electrons. The van der Waals surface area contributed by atoms with Gasteiger partial charge in [0.1, 0.15) is 12.4 Å². The van der Waals surface area contributed by atoms with Gasteiger partial charge in [-0.2, -0.15) is 8.78 Å². The second-order valence-electron chi connectivity index (χ2n) is 7.42. The van der Waals surface area contributed by atoms with Gasteiger partial charge in [-0.15, -0.1) is 10.2 Å². The van der Waals surface area contributed by atoms with E-state index in [1.807, 2.05) is 0 Å². The van der Waals surface area contributed by atoms with Gasteiger partial charge in [0.2, 0.25) is 5.88 Å². The summed E-state index contributed by atoms with van der Waals surface area (Å²) < 4.78 is 42.1. The number of likely N-dealkylation sites (tertiary alicyclic amines) is 1. The molecule has 2 aliphatic heterocycles. The lowest BCUT2D eigenvalue weighted by Crippen LogP contribution is -2.66. The minimum Gasteiger partial charge on any atom is -0.476 e. The number of alkyl halides is 2. The van der Waals surface area contributed by atoms with E-state index in [1.165, 1.54) is 12.1 Å². The summed E-state index contributed by atoms with van der Waals surface area (Å²) in [7, 11) is 0. The molecule has 152 valence electrons. The molecule has 1 aromatic carbocycles. The van der Waals surface area contributed by atoms with Crippen LogP contribution in [0.25, 0.3) is 17.0 Å². The second-order valence-corrected chi connectivity index (χ2v) is 7.42. The van der Waals surface area contributed by atoms with Crippen molar-refractivity contribution in [1.82, 2.24) is 24.5 Å². The van der Waals surface area contributed by atoms with Gasteiger partial charge in [0.05, 0.1) is 25.6 Å². The van der Waals surface area contributed by atoms with Crippen molar-refractivity contribution in [1.29, 1.82) is 0 Å². The first-order valence-electron chi connectivity index (χ1n) is 9.29. The van der Waals surface area contributed by atoms with Gasteiger partial charge in [0.25, 0.3) is 0 Å². The molecule has 3 aromatic rings. The summed E-state index contributed by atoms with van der Waals surface area (Å²) in [5.74, 6) is 1.15. The van der Waals surface area contributed by atoms with Gasteiger partial charge in [-0.3, -0.25) is 9.88 Å². The number of aromatic nitrogens is 4. The summed E-state index contributed by atoms with van der Waals surface area (Å²) in [6, 6.07) is 6.24. The summed E-state index contributed by atoms with van der Waals surface area (Å²) in [4.78, 5) is 6.50. The first kappa shape index (κ1) is 18.2. The summed E-state index contributed by atoms with van der Waals surface area (Å²) in [5, 5.41) is 8.33. The number of rotatable bonds is 7. The smallest absolute Gasteiger partial charge is 0.387 e. The van der Waals surface area contributed by atoms with Crippen LogP contribution < -0.4 is 9.47 Å². The number of halogens is 2. The van der Waals surface area contributed by atoms with Crippen LogP contribution in [0.5, 0.6) is 11.6 Å². The molecule has 1 spiro atoms. The molecule has 5 rings (SSSR count). The number of benzene rings is 1. The Balaban J connectivity index is 1.30. The average Bonchev–Trinajstić information content (AvgIpc) is 3.07. The molecule has 29 heavy (non-hydrogen) atoms. The fourth-order valence-corrected chi connectivity index (χ4v) is 3.81. The summed E-state index contributed by atoms with van der Waals surface area (Å²) >= 11 is 0. The van der Waals surface area contributed by atoms with Crippen molar-refractivity contribution in [2.24, 2.45) is 5.41 Å². The molecule has 2 fully saturated rings. The van der Waals surface area contributed by atoms with Crippen LogP contribution in [0, 0.1) is 5.41 Å². The van der Waals surface area contributed by atoms with E-state index in [1.54, 1.807) is 28.9 Å². The zero-order chi connectivity index (χ0) is 19.8.